The Morgan fingerprint density at radius 2 is 1.89 bits per heavy atom. The second kappa shape index (κ2) is 5.03. The standard InChI is InChI=1S/C16H18N2O/c17-15-9-16(14-7-2-1-6-13(14)15)18-12-5-3-4-11(8-12)10-19/h1-8,15-16,18-19H,9-10,17H2. The lowest BCUT2D eigenvalue weighted by Gasteiger charge is -2.16. The fourth-order valence-electron chi connectivity index (χ4n) is 2.77. The van der Waals surface area contributed by atoms with Crippen LogP contribution < -0.4 is 11.1 Å². The van der Waals surface area contributed by atoms with Crippen LogP contribution in [0.4, 0.5) is 5.69 Å². The average molecular weight is 254 g/mol. The first-order valence-electron chi connectivity index (χ1n) is 6.58. The summed E-state index contributed by atoms with van der Waals surface area (Å²) in [5.41, 5.74) is 10.6. The van der Waals surface area contributed by atoms with Crippen molar-refractivity contribution in [2.24, 2.45) is 5.73 Å². The van der Waals surface area contributed by atoms with Crippen molar-refractivity contribution in [2.75, 3.05) is 5.32 Å². The molecule has 1 aliphatic rings. The van der Waals surface area contributed by atoms with E-state index in [1.54, 1.807) is 0 Å². The Morgan fingerprint density at radius 1 is 1.11 bits per heavy atom. The number of anilines is 1. The van der Waals surface area contributed by atoms with Crippen molar-refractivity contribution in [3.63, 3.8) is 0 Å². The van der Waals surface area contributed by atoms with Crippen molar-refractivity contribution in [2.45, 2.75) is 25.1 Å². The molecule has 98 valence electrons. The molecule has 0 saturated carbocycles. The van der Waals surface area contributed by atoms with E-state index in [9.17, 15) is 5.11 Å². The van der Waals surface area contributed by atoms with Crippen LogP contribution in [0.5, 0.6) is 0 Å². The van der Waals surface area contributed by atoms with Gasteiger partial charge in [0.05, 0.1) is 12.6 Å². The minimum atomic E-state index is 0.0658. The highest BCUT2D eigenvalue weighted by Crippen LogP contribution is 2.39. The van der Waals surface area contributed by atoms with E-state index in [1.807, 2.05) is 30.3 Å². The van der Waals surface area contributed by atoms with Crippen LogP contribution in [0, 0.1) is 0 Å². The normalized spacial score (nSPS) is 21.2. The third-order valence-electron chi connectivity index (χ3n) is 3.71. The SMILES string of the molecule is NC1CC(Nc2cccc(CO)c2)c2ccccc21. The lowest BCUT2D eigenvalue weighted by atomic mass is 10.1. The van der Waals surface area contributed by atoms with Crippen LogP contribution in [-0.4, -0.2) is 5.11 Å². The maximum absolute atomic E-state index is 9.17. The van der Waals surface area contributed by atoms with E-state index in [-0.39, 0.29) is 18.7 Å². The Labute approximate surface area is 113 Å². The van der Waals surface area contributed by atoms with Gasteiger partial charge in [-0.25, -0.2) is 0 Å². The first-order chi connectivity index (χ1) is 9.28. The molecule has 0 aromatic heterocycles. The molecule has 2 aromatic carbocycles. The van der Waals surface area contributed by atoms with E-state index >= 15 is 0 Å². The number of nitrogens with two attached hydrogens (primary N) is 1. The summed E-state index contributed by atoms with van der Waals surface area (Å²) < 4.78 is 0. The number of rotatable bonds is 3. The van der Waals surface area contributed by atoms with E-state index in [0.29, 0.717) is 0 Å². The van der Waals surface area contributed by atoms with Crippen LogP contribution in [0.2, 0.25) is 0 Å². The molecule has 0 amide bonds. The fourth-order valence-corrected chi connectivity index (χ4v) is 2.77. The number of hydrogen-bond donors (Lipinski definition) is 3. The Bertz CT molecular complexity index is 582. The molecule has 0 spiro atoms. The summed E-state index contributed by atoms with van der Waals surface area (Å²) in [5.74, 6) is 0. The van der Waals surface area contributed by atoms with Gasteiger partial charge in [-0.15, -0.1) is 0 Å². The first-order valence-corrected chi connectivity index (χ1v) is 6.58. The molecule has 0 bridgehead atoms. The van der Waals surface area contributed by atoms with E-state index < -0.39 is 0 Å². The summed E-state index contributed by atoms with van der Waals surface area (Å²) in [5, 5.41) is 12.7. The predicted octanol–water partition coefficient (Wildman–Crippen LogP) is 2.74. The molecule has 0 saturated heterocycles. The zero-order chi connectivity index (χ0) is 13.2. The molecule has 0 heterocycles. The zero-order valence-corrected chi connectivity index (χ0v) is 10.7. The van der Waals surface area contributed by atoms with Crippen molar-refractivity contribution >= 4 is 5.69 Å². The Hall–Kier alpha value is -1.84. The molecule has 3 heteroatoms. The van der Waals surface area contributed by atoms with Gasteiger partial charge >= 0.3 is 0 Å². The molecule has 3 nitrogen and oxygen atoms in total. The third-order valence-corrected chi connectivity index (χ3v) is 3.71. The summed E-state index contributed by atoms with van der Waals surface area (Å²) in [4.78, 5) is 0. The summed E-state index contributed by atoms with van der Waals surface area (Å²) in [7, 11) is 0. The molecule has 0 fully saturated rings. The molecule has 2 unspecified atom stereocenters. The number of benzene rings is 2. The van der Waals surface area contributed by atoms with Crippen molar-refractivity contribution in [1.82, 2.24) is 0 Å². The fraction of sp³-hybridized carbons (Fsp3) is 0.250. The Balaban J connectivity index is 1.85. The number of aliphatic hydroxyl groups excluding tert-OH is 1. The molecule has 0 aliphatic heterocycles. The lowest BCUT2D eigenvalue weighted by Crippen LogP contribution is -2.10. The van der Waals surface area contributed by atoms with Crippen LogP contribution in [0.15, 0.2) is 48.5 Å². The first kappa shape index (κ1) is 12.2. The highest BCUT2D eigenvalue weighted by Gasteiger charge is 2.27. The number of nitrogens with one attached hydrogen (secondary N) is 1. The average Bonchev–Trinajstić information content (AvgIpc) is 2.76. The van der Waals surface area contributed by atoms with E-state index in [1.165, 1.54) is 11.1 Å². The van der Waals surface area contributed by atoms with Crippen LogP contribution >= 0.6 is 0 Å². The van der Waals surface area contributed by atoms with Crippen molar-refractivity contribution in [3.8, 4) is 0 Å². The zero-order valence-electron chi connectivity index (χ0n) is 10.7. The second-order valence-electron chi connectivity index (χ2n) is 5.03. The molecule has 1 aliphatic carbocycles. The Morgan fingerprint density at radius 3 is 2.68 bits per heavy atom. The third kappa shape index (κ3) is 2.35. The molecular weight excluding hydrogens is 236 g/mol. The summed E-state index contributed by atoms with van der Waals surface area (Å²) in [6.07, 6.45) is 0.905. The second-order valence-corrected chi connectivity index (χ2v) is 5.03. The van der Waals surface area contributed by atoms with E-state index in [4.69, 9.17) is 5.73 Å². The largest absolute Gasteiger partial charge is 0.392 e. The van der Waals surface area contributed by atoms with Crippen LogP contribution in [0.1, 0.15) is 35.2 Å². The van der Waals surface area contributed by atoms with Gasteiger partial charge in [-0.2, -0.15) is 0 Å². The lowest BCUT2D eigenvalue weighted by molar-refractivity contribution is 0.282. The van der Waals surface area contributed by atoms with E-state index in [0.717, 1.165) is 17.7 Å². The van der Waals surface area contributed by atoms with Crippen molar-refractivity contribution < 1.29 is 5.11 Å². The molecule has 2 aromatic rings. The number of aliphatic hydroxyl groups is 1. The highest BCUT2D eigenvalue weighted by atomic mass is 16.3. The summed E-state index contributed by atoms with van der Waals surface area (Å²) >= 11 is 0. The molecule has 3 rings (SSSR count). The van der Waals surface area contributed by atoms with Gasteiger partial charge in [0.25, 0.3) is 0 Å². The Kier molecular flexibility index (Phi) is 3.23. The smallest absolute Gasteiger partial charge is 0.0682 e. The summed E-state index contributed by atoms with van der Waals surface area (Å²) in [6, 6.07) is 16.5. The number of hydrogen-bond acceptors (Lipinski definition) is 3. The predicted molar refractivity (Wildman–Crippen MR) is 76.7 cm³/mol. The van der Waals surface area contributed by atoms with Crippen LogP contribution in [0.25, 0.3) is 0 Å². The molecule has 4 N–H and O–H groups in total. The highest BCUT2D eigenvalue weighted by molar-refractivity contribution is 5.50. The van der Waals surface area contributed by atoms with Gasteiger partial charge in [0, 0.05) is 11.7 Å². The quantitative estimate of drug-likeness (QED) is 0.789. The van der Waals surface area contributed by atoms with Gasteiger partial charge < -0.3 is 16.2 Å². The topological polar surface area (TPSA) is 58.3 Å². The molecule has 19 heavy (non-hydrogen) atoms. The van der Waals surface area contributed by atoms with Gasteiger partial charge in [-0.3, -0.25) is 0 Å². The van der Waals surface area contributed by atoms with Crippen LogP contribution in [-0.2, 0) is 6.61 Å². The maximum atomic E-state index is 9.17. The van der Waals surface area contributed by atoms with Crippen molar-refractivity contribution in [1.29, 1.82) is 0 Å². The van der Waals surface area contributed by atoms with Gasteiger partial charge in [0.15, 0.2) is 0 Å². The monoisotopic (exact) mass is 254 g/mol. The van der Waals surface area contributed by atoms with Gasteiger partial charge in [-0.1, -0.05) is 36.4 Å². The minimum absolute atomic E-state index is 0.0658. The number of fused-ring (bicyclic) bond motifs is 1. The van der Waals surface area contributed by atoms with Crippen LogP contribution in [0.3, 0.4) is 0 Å². The molecule has 0 radical (unpaired) electrons. The van der Waals surface area contributed by atoms with Crippen molar-refractivity contribution in [3.05, 3.63) is 65.2 Å². The molecular formula is C16H18N2O. The van der Waals surface area contributed by atoms with Gasteiger partial charge in [0.2, 0.25) is 0 Å². The summed E-state index contributed by atoms with van der Waals surface area (Å²) in [6.45, 7) is 0.0658. The maximum Gasteiger partial charge on any atom is 0.0682 e. The molecule has 2 atom stereocenters. The van der Waals surface area contributed by atoms with E-state index in [2.05, 4.69) is 23.5 Å². The van der Waals surface area contributed by atoms with Gasteiger partial charge in [0.1, 0.15) is 0 Å². The minimum Gasteiger partial charge on any atom is -0.392 e. The van der Waals surface area contributed by atoms with Gasteiger partial charge in [-0.05, 0) is 35.2 Å².